The normalized spacial score (nSPS) is 10.4. The highest BCUT2D eigenvalue weighted by atomic mass is 32.1. The molecule has 0 atom stereocenters. The van der Waals surface area contributed by atoms with Crippen molar-refractivity contribution in [3.63, 3.8) is 0 Å². The summed E-state index contributed by atoms with van der Waals surface area (Å²) in [7, 11) is 0. The van der Waals surface area contributed by atoms with Crippen LogP contribution in [-0.2, 0) is 0 Å². The summed E-state index contributed by atoms with van der Waals surface area (Å²) < 4.78 is 17.0. The average Bonchev–Trinajstić information content (AvgIpc) is 3.18. The van der Waals surface area contributed by atoms with E-state index in [4.69, 9.17) is 19.3 Å². The van der Waals surface area contributed by atoms with E-state index in [1.54, 1.807) is 0 Å². The van der Waals surface area contributed by atoms with Crippen LogP contribution in [0, 0.1) is 0 Å². The number of aromatic carboxylic acids is 1. The number of carboxylic acid groups (broad SMARTS) is 1. The summed E-state index contributed by atoms with van der Waals surface area (Å²) in [4.78, 5) is 15.1. The van der Waals surface area contributed by atoms with Crippen LogP contribution in [0.2, 0.25) is 0 Å². The molecule has 140 valence electrons. The maximum Gasteiger partial charge on any atom is 0.355 e. The first kappa shape index (κ1) is 18.7. The second kappa shape index (κ2) is 9.05. The van der Waals surface area contributed by atoms with Gasteiger partial charge in [0.2, 0.25) is 0 Å². The van der Waals surface area contributed by atoms with E-state index in [2.05, 4.69) is 4.98 Å². The Morgan fingerprint density at radius 2 is 1.78 bits per heavy atom. The topological polar surface area (TPSA) is 77.9 Å². The Labute approximate surface area is 161 Å². The predicted octanol–water partition coefficient (Wildman–Crippen LogP) is 4.36. The first-order chi connectivity index (χ1) is 13.2. The van der Waals surface area contributed by atoms with E-state index in [1.165, 1.54) is 16.7 Å². The van der Waals surface area contributed by atoms with Crippen LogP contribution in [0.5, 0.6) is 17.2 Å². The van der Waals surface area contributed by atoms with Gasteiger partial charge in [0.25, 0.3) is 0 Å². The monoisotopic (exact) mass is 385 g/mol. The Bertz CT molecular complexity index is 909. The molecule has 0 aliphatic rings. The van der Waals surface area contributed by atoms with Gasteiger partial charge in [-0.1, -0.05) is 24.3 Å². The Morgan fingerprint density at radius 3 is 2.48 bits per heavy atom. The van der Waals surface area contributed by atoms with Crippen LogP contribution in [0.15, 0.2) is 53.9 Å². The Balaban J connectivity index is 1.57. The van der Waals surface area contributed by atoms with Crippen molar-refractivity contribution in [1.82, 2.24) is 4.98 Å². The molecule has 27 heavy (non-hydrogen) atoms. The minimum Gasteiger partial charge on any atom is -0.490 e. The Kier molecular flexibility index (Phi) is 6.27. The molecule has 1 aromatic heterocycles. The van der Waals surface area contributed by atoms with Crippen LogP contribution in [0.1, 0.15) is 17.4 Å². The molecular weight excluding hydrogens is 366 g/mol. The quantitative estimate of drug-likeness (QED) is 0.551. The highest BCUT2D eigenvalue weighted by molar-refractivity contribution is 7.13. The van der Waals surface area contributed by atoms with Gasteiger partial charge in [-0.3, -0.25) is 0 Å². The fourth-order valence-corrected chi connectivity index (χ4v) is 3.17. The lowest BCUT2D eigenvalue weighted by molar-refractivity contribution is 0.0691. The van der Waals surface area contributed by atoms with E-state index in [0.29, 0.717) is 42.1 Å². The zero-order chi connectivity index (χ0) is 19.1. The maximum atomic E-state index is 11.0. The van der Waals surface area contributed by atoms with E-state index in [-0.39, 0.29) is 5.69 Å². The molecule has 0 fully saturated rings. The number of carboxylic acids is 1. The van der Waals surface area contributed by atoms with Gasteiger partial charge in [0, 0.05) is 10.9 Å². The van der Waals surface area contributed by atoms with Crippen LogP contribution in [0.4, 0.5) is 0 Å². The third kappa shape index (κ3) is 4.98. The van der Waals surface area contributed by atoms with Crippen molar-refractivity contribution in [2.45, 2.75) is 6.92 Å². The molecule has 1 heterocycles. The van der Waals surface area contributed by atoms with E-state index in [0.717, 1.165) is 5.56 Å². The van der Waals surface area contributed by atoms with Crippen LogP contribution in [0.25, 0.3) is 10.6 Å². The number of thiazole rings is 1. The van der Waals surface area contributed by atoms with Crippen LogP contribution in [0.3, 0.4) is 0 Å². The zero-order valence-electron chi connectivity index (χ0n) is 14.8. The molecule has 0 aliphatic heterocycles. The second-order valence-corrected chi connectivity index (χ2v) is 6.31. The lowest BCUT2D eigenvalue weighted by Gasteiger charge is -2.12. The van der Waals surface area contributed by atoms with Gasteiger partial charge in [-0.2, -0.15) is 0 Å². The summed E-state index contributed by atoms with van der Waals surface area (Å²) >= 11 is 1.29. The molecule has 0 saturated carbocycles. The summed E-state index contributed by atoms with van der Waals surface area (Å²) in [5, 5.41) is 11.1. The van der Waals surface area contributed by atoms with E-state index >= 15 is 0 Å². The summed E-state index contributed by atoms with van der Waals surface area (Å²) in [5.74, 6) is 1.02. The van der Waals surface area contributed by atoms with Gasteiger partial charge < -0.3 is 19.3 Å². The van der Waals surface area contributed by atoms with Crippen molar-refractivity contribution >= 4 is 17.3 Å². The van der Waals surface area contributed by atoms with E-state index in [9.17, 15) is 4.79 Å². The van der Waals surface area contributed by atoms with Gasteiger partial charge in [0.1, 0.15) is 24.0 Å². The standard InChI is InChI=1S/C20H19NO5S/c1-2-24-17-8-3-4-9-18(17)26-11-10-25-15-7-5-6-14(12-15)19-21-16(13-27-19)20(22)23/h3-9,12-13H,2,10-11H2,1H3,(H,22,23). The summed E-state index contributed by atoms with van der Waals surface area (Å²) in [6, 6.07) is 14.9. The van der Waals surface area contributed by atoms with Gasteiger partial charge in [-0.05, 0) is 31.2 Å². The molecule has 0 radical (unpaired) electrons. The first-order valence-electron chi connectivity index (χ1n) is 8.44. The number of aromatic nitrogens is 1. The van der Waals surface area contributed by atoms with Crippen molar-refractivity contribution in [2.75, 3.05) is 19.8 Å². The van der Waals surface area contributed by atoms with Crippen molar-refractivity contribution in [1.29, 1.82) is 0 Å². The lowest BCUT2D eigenvalue weighted by atomic mass is 10.2. The summed E-state index contributed by atoms with van der Waals surface area (Å²) in [6.45, 7) is 3.23. The lowest BCUT2D eigenvalue weighted by Crippen LogP contribution is -2.09. The molecule has 2 aromatic carbocycles. The molecule has 0 amide bonds. The number of benzene rings is 2. The number of para-hydroxylation sites is 2. The van der Waals surface area contributed by atoms with Crippen LogP contribution < -0.4 is 14.2 Å². The number of ether oxygens (including phenoxy) is 3. The number of nitrogens with zero attached hydrogens (tertiary/aromatic N) is 1. The fraction of sp³-hybridized carbons (Fsp3) is 0.200. The van der Waals surface area contributed by atoms with Gasteiger partial charge in [-0.15, -0.1) is 11.3 Å². The number of rotatable bonds is 9. The fourth-order valence-electron chi connectivity index (χ4n) is 2.38. The third-order valence-electron chi connectivity index (χ3n) is 3.56. The van der Waals surface area contributed by atoms with Gasteiger partial charge in [0.05, 0.1) is 6.61 Å². The molecule has 0 saturated heterocycles. The first-order valence-corrected chi connectivity index (χ1v) is 9.32. The van der Waals surface area contributed by atoms with Crippen molar-refractivity contribution in [2.24, 2.45) is 0 Å². The Morgan fingerprint density at radius 1 is 1.04 bits per heavy atom. The highest BCUT2D eigenvalue weighted by Gasteiger charge is 2.10. The van der Waals surface area contributed by atoms with Gasteiger partial charge >= 0.3 is 5.97 Å². The molecule has 6 nitrogen and oxygen atoms in total. The molecular formula is C20H19NO5S. The smallest absolute Gasteiger partial charge is 0.355 e. The molecule has 0 spiro atoms. The van der Waals surface area contributed by atoms with Crippen molar-refractivity contribution in [3.8, 4) is 27.8 Å². The molecule has 7 heteroatoms. The Hall–Kier alpha value is -3.06. The van der Waals surface area contributed by atoms with Crippen molar-refractivity contribution < 1.29 is 24.1 Å². The molecule has 3 rings (SSSR count). The van der Waals surface area contributed by atoms with E-state index in [1.807, 2.05) is 55.5 Å². The molecule has 0 unspecified atom stereocenters. The molecule has 3 aromatic rings. The minimum atomic E-state index is -1.03. The maximum absolute atomic E-state index is 11.0. The average molecular weight is 385 g/mol. The van der Waals surface area contributed by atoms with Gasteiger partial charge in [0.15, 0.2) is 17.2 Å². The van der Waals surface area contributed by atoms with E-state index < -0.39 is 5.97 Å². The predicted molar refractivity (Wildman–Crippen MR) is 103 cm³/mol. The minimum absolute atomic E-state index is 0.0442. The largest absolute Gasteiger partial charge is 0.490 e. The molecule has 0 aliphatic carbocycles. The van der Waals surface area contributed by atoms with Gasteiger partial charge in [-0.25, -0.2) is 9.78 Å². The summed E-state index contributed by atoms with van der Waals surface area (Å²) in [5.41, 5.74) is 0.857. The zero-order valence-corrected chi connectivity index (χ0v) is 15.6. The van der Waals surface area contributed by atoms with Crippen LogP contribution >= 0.6 is 11.3 Å². The number of hydrogen-bond acceptors (Lipinski definition) is 6. The summed E-state index contributed by atoms with van der Waals surface area (Å²) in [6.07, 6.45) is 0. The van der Waals surface area contributed by atoms with Crippen LogP contribution in [-0.4, -0.2) is 35.9 Å². The highest BCUT2D eigenvalue weighted by Crippen LogP contribution is 2.28. The molecule has 0 bridgehead atoms. The second-order valence-electron chi connectivity index (χ2n) is 5.45. The van der Waals surface area contributed by atoms with Crippen molar-refractivity contribution in [3.05, 3.63) is 59.6 Å². The SMILES string of the molecule is CCOc1ccccc1OCCOc1cccc(-c2nc(C(=O)O)cs2)c1. The third-order valence-corrected chi connectivity index (χ3v) is 4.45. The molecule has 1 N–H and O–H groups in total. The number of carbonyl (C=O) groups is 1. The number of hydrogen-bond donors (Lipinski definition) is 1.